The van der Waals surface area contributed by atoms with Gasteiger partial charge in [0.05, 0.1) is 5.02 Å². The molecule has 21 heavy (non-hydrogen) atoms. The van der Waals surface area contributed by atoms with Crippen LogP contribution in [0.5, 0.6) is 0 Å². The van der Waals surface area contributed by atoms with Crippen LogP contribution >= 0.6 is 11.6 Å². The Labute approximate surface area is 124 Å². The number of carbonyl (C=O) groups is 2. The number of hydrogen-bond donors (Lipinski definition) is 3. The van der Waals surface area contributed by atoms with Gasteiger partial charge in [0, 0.05) is 18.8 Å². The molecular weight excluding hydrogens is 301 g/mol. The molecule has 1 atom stereocenters. The Balaban J connectivity index is 2.15. The number of nitrogens with one attached hydrogen (secondary N) is 2. The normalized spacial score (nSPS) is 11.9. The van der Waals surface area contributed by atoms with Crippen molar-refractivity contribution in [3.05, 3.63) is 52.8 Å². The molecule has 0 saturated heterocycles. The van der Waals surface area contributed by atoms with Crippen molar-refractivity contribution >= 4 is 23.5 Å². The van der Waals surface area contributed by atoms with Gasteiger partial charge in [-0.15, -0.1) is 0 Å². The summed E-state index contributed by atoms with van der Waals surface area (Å²) in [6, 6.07) is 2.98. The van der Waals surface area contributed by atoms with Gasteiger partial charge in [0.2, 0.25) is 0 Å². The van der Waals surface area contributed by atoms with E-state index in [0.29, 0.717) is 0 Å². The van der Waals surface area contributed by atoms with E-state index in [1.54, 1.807) is 0 Å². The Morgan fingerprint density at radius 3 is 2.86 bits per heavy atom. The first-order valence-corrected chi connectivity index (χ1v) is 6.32. The van der Waals surface area contributed by atoms with E-state index in [4.69, 9.17) is 16.7 Å². The van der Waals surface area contributed by atoms with Crippen LogP contribution in [0.4, 0.5) is 4.39 Å². The van der Waals surface area contributed by atoms with Crippen molar-refractivity contribution in [3.63, 3.8) is 0 Å². The quantitative estimate of drug-likeness (QED) is 0.782. The van der Waals surface area contributed by atoms with E-state index in [9.17, 15) is 14.0 Å². The van der Waals surface area contributed by atoms with Crippen molar-refractivity contribution < 1.29 is 19.1 Å². The van der Waals surface area contributed by atoms with Crippen LogP contribution in [-0.4, -0.2) is 33.0 Å². The molecule has 0 aliphatic heterocycles. The summed E-state index contributed by atoms with van der Waals surface area (Å²) >= 11 is 5.64. The summed E-state index contributed by atoms with van der Waals surface area (Å²) < 4.78 is 13.8. The van der Waals surface area contributed by atoms with Crippen LogP contribution in [0.3, 0.4) is 0 Å². The molecule has 0 spiro atoms. The molecule has 110 valence electrons. The van der Waals surface area contributed by atoms with E-state index in [1.165, 1.54) is 30.6 Å². The summed E-state index contributed by atoms with van der Waals surface area (Å²) in [5.74, 6) is -2.69. The van der Waals surface area contributed by atoms with Crippen molar-refractivity contribution in [3.8, 4) is 0 Å². The molecule has 1 unspecified atom stereocenters. The van der Waals surface area contributed by atoms with Crippen molar-refractivity contribution in [2.45, 2.75) is 12.5 Å². The zero-order chi connectivity index (χ0) is 15.4. The van der Waals surface area contributed by atoms with Crippen molar-refractivity contribution in [2.24, 2.45) is 0 Å². The number of aromatic amines is 1. The Kier molecular flexibility index (Phi) is 4.54. The summed E-state index contributed by atoms with van der Waals surface area (Å²) in [7, 11) is 0. The number of amides is 1. The monoisotopic (exact) mass is 311 g/mol. The molecule has 1 heterocycles. The lowest BCUT2D eigenvalue weighted by molar-refractivity contribution is -0.139. The van der Waals surface area contributed by atoms with Crippen LogP contribution in [0.2, 0.25) is 5.02 Å². The number of halogens is 2. The number of carbonyl (C=O) groups excluding carboxylic acids is 1. The lowest BCUT2D eigenvalue weighted by Gasteiger charge is -2.14. The molecule has 2 rings (SSSR count). The summed E-state index contributed by atoms with van der Waals surface area (Å²) in [5, 5.41) is 11.3. The predicted molar refractivity (Wildman–Crippen MR) is 72.6 cm³/mol. The van der Waals surface area contributed by atoms with Gasteiger partial charge in [0.15, 0.2) is 5.82 Å². The van der Waals surface area contributed by atoms with Crippen LogP contribution in [0.25, 0.3) is 0 Å². The standard InChI is InChI=1S/C13H11ClFN3O3/c14-8-3-1-2-7(10(8)15)6-9(13(20)21)18-12(19)11-16-4-5-17-11/h1-5,9H,6H2,(H,16,17)(H,18,19)(H,20,21). The molecule has 1 aromatic heterocycles. The van der Waals surface area contributed by atoms with Gasteiger partial charge in [-0.1, -0.05) is 23.7 Å². The molecule has 6 nitrogen and oxygen atoms in total. The molecule has 1 aromatic carbocycles. The molecule has 1 amide bonds. The third kappa shape index (κ3) is 3.57. The zero-order valence-electron chi connectivity index (χ0n) is 10.6. The molecule has 2 aromatic rings. The topological polar surface area (TPSA) is 95.1 Å². The SMILES string of the molecule is O=C(NC(Cc1cccc(Cl)c1F)C(=O)O)c1ncc[nH]1. The number of aliphatic carboxylic acids is 1. The Morgan fingerprint density at radius 1 is 1.48 bits per heavy atom. The van der Waals surface area contributed by atoms with E-state index >= 15 is 0 Å². The van der Waals surface area contributed by atoms with E-state index in [-0.39, 0.29) is 22.8 Å². The maximum Gasteiger partial charge on any atom is 0.326 e. The van der Waals surface area contributed by atoms with Crippen LogP contribution in [0, 0.1) is 5.82 Å². The first-order valence-electron chi connectivity index (χ1n) is 5.95. The van der Waals surface area contributed by atoms with Crippen molar-refractivity contribution in [2.75, 3.05) is 0 Å². The lowest BCUT2D eigenvalue weighted by Crippen LogP contribution is -2.42. The fourth-order valence-electron chi connectivity index (χ4n) is 1.74. The second-order valence-corrected chi connectivity index (χ2v) is 4.63. The van der Waals surface area contributed by atoms with E-state index < -0.39 is 23.7 Å². The number of hydrogen-bond acceptors (Lipinski definition) is 3. The number of H-pyrrole nitrogens is 1. The fourth-order valence-corrected chi connectivity index (χ4v) is 1.94. The number of benzene rings is 1. The largest absolute Gasteiger partial charge is 0.480 e. The zero-order valence-corrected chi connectivity index (χ0v) is 11.4. The first-order chi connectivity index (χ1) is 9.99. The minimum absolute atomic E-state index is 0.0205. The third-order valence-corrected chi connectivity index (χ3v) is 3.06. The van der Waals surface area contributed by atoms with Gasteiger partial charge in [-0.2, -0.15) is 0 Å². The highest BCUT2D eigenvalue weighted by atomic mass is 35.5. The minimum Gasteiger partial charge on any atom is -0.480 e. The van der Waals surface area contributed by atoms with E-state index in [2.05, 4.69) is 15.3 Å². The molecule has 0 radical (unpaired) electrons. The number of aromatic nitrogens is 2. The average molecular weight is 312 g/mol. The van der Waals surface area contributed by atoms with Gasteiger partial charge in [-0.05, 0) is 11.6 Å². The average Bonchev–Trinajstić information content (AvgIpc) is 2.96. The maximum absolute atomic E-state index is 13.8. The molecule has 0 aliphatic rings. The van der Waals surface area contributed by atoms with Gasteiger partial charge in [-0.25, -0.2) is 14.2 Å². The number of carboxylic acids is 1. The van der Waals surface area contributed by atoms with Gasteiger partial charge in [0.25, 0.3) is 5.91 Å². The summed E-state index contributed by atoms with van der Waals surface area (Å²) in [6.07, 6.45) is 2.57. The predicted octanol–water partition coefficient (Wildman–Crippen LogP) is 1.63. The number of rotatable bonds is 5. The highest BCUT2D eigenvalue weighted by Crippen LogP contribution is 2.19. The number of imidazole rings is 1. The van der Waals surface area contributed by atoms with Gasteiger partial charge < -0.3 is 15.4 Å². The van der Waals surface area contributed by atoms with Gasteiger partial charge in [0.1, 0.15) is 11.9 Å². The lowest BCUT2D eigenvalue weighted by atomic mass is 10.1. The molecule has 0 bridgehead atoms. The smallest absolute Gasteiger partial charge is 0.326 e. The van der Waals surface area contributed by atoms with Gasteiger partial charge >= 0.3 is 5.97 Å². The van der Waals surface area contributed by atoms with Gasteiger partial charge in [-0.3, -0.25) is 4.79 Å². The molecule has 0 aliphatic carbocycles. The Bertz CT molecular complexity index is 661. The Hall–Kier alpha value is -2.41. The summed E-state index contributed by atoms with van der Waals surface area (Å²) in [4.78, 5) is 29.2. The van der Waals surface area contributed by atoms with Crippen LogP contribution in [0.15, 0.2) is 30.6 Å². The highest BCUT2D eigenvalue weighted by molar-refractivity contribution is 6.30. The molecular formula is C13H11ClFN3O3. The first kappa shape index (κ1) is 15.0. The minimum atomic E-state index is -1.30. The maximum atomic E-state index is 13.8. The summed E-state index contributed by atoms with van der Waals surface area (Å²) in [6.45, 7) is 0. The van der Waals surface area contributed by atoms with E-state index in [1.807, 2.05) is 0 Å². The Morgan fingerprint density at radius 2 is 2.24 bits per heavy atom. The second kappa shape index (κ2) is 6.36. The molecule has 3 N–H and O–H groups in total. The molecule has 8 heteroatoms. The van der Waals surface area contributed by atoms with E-state index in [0.717, 1.165) is 0 Å². The second-order valence-electron chi connectivity index (χ2n) is 4.22. The van der Waals surface area contributed by atoms with Crippen LogP contribution in [-0.2, 0) is 11.2 Å². The molecule has 0 fully saturated rings. The summed E-state index contributed by atoms with van der Waals surface area (Å²) in [5.41, 5.74) is 0.106. The number of carboxylic acid groups (broad SMARTS) is 1. The van der Waals surface area contributed by atoms with Crippen LogP contribution < -0.4 is 5.32 Å². The third-order valence-electron chi connectivity index (χ3n) is 2.77. The fraction of sp³-hybridized carbons (Fsp3) is 0.154. The van der Waals surface area contributed by atoms with Crippen LogP contribution in [0.1, 0.15) is 16.2 Å². The van der Waals surface area contributed by atoms with Crippen molar-refractivity contribution in [1.29, 1.82) is 0 Å². The molecule has 0 saturated carbocycles. The number of nitrogens with zero attached hydrogens (tertiary/aromatic N) is 1. The highest BCUT2D eigenvalue weighted by Gasteiger charge is 2.23. The van der Waals surface area contributed by atoms with Crippen molar-refractivity contribution in [1.82, 2.24) is 15.3 Å².